The lowest BCUT2D eigenvalue weighted by Crippen LogP contribution is -2.11. The Bertz CT molecular complexity index is 385. The van der Waals surface area contributed by atoms with Crippen molar-refractivity contribution in [3.05, 3.63) is 34.9 Å². The smallest absolute Gasteiger partial charge is 0.306 e. The van der Waals surface area contributed by atoms with Crippen molar-refractivity contribution in [3.8, 4) is 0 Å². The molecular formula is C15H22O3. The summed E-state index contributed by atoms with van der Waals surface area (Å²) in [6, 6.07) is 6.29. The number of hydrogen-bond donors (Lipinski definition) is 0. The molecule has 0 spiro atoms. The van der Waals surface area contributed by atoms with E-state index in [0.29, 0.717) is 26.2 Å². The standard InChI is InChI=1S/C15H22O3/c1-4-17-9-10-18-15(16)8-7-14-6-5-12(2)11-13(14)3/h5-6,11H,4,7-10H2,1-3H3. The third-order valence-electron chi connectivity index (χ3n) is 2.79. The Balaban J connectivity index is 2.29. The maximum atomic E-state index is 11.5. The van der Waals surface area contributed by atoms with Crippen LogP contribution >= 0.6 is 0 Å². The summed E-state index contributed by atoms with van der Waals surface area (Å²) in [6.45, 7) is 7.54. The molecule has 1 aromatic rings. The van der Waals surface area contributed by atoms with E-state index in [9.17, 15) is 4.79 Å². The van der Waals surface area contributed by atoms with Crippen molar-refractivity contribution in [3.63, 3.8) is 0 Å². The first-order chi connectivity index (χ1) is 8.63. The topological polar surface area (TPSA) is 35.5 Å². The fraction of sp³-hybridized carbons (Fsp3) is 0.533. The minimum atomic E-state index is -0.158. The number of benzene rings is 1. The molecule has 0 aliphatic rings. The third kappa shape index (κ3) is 5.32. The second-order valence-corrected chi connectivity index (χ2v) is 4.35. The van der Waals surface area contributed by atoms with Gasteiger partial charge >= 0.3 is 5.97 Å². The highest BCUT2D eigenvalue weighted by atomic mass is 16.6. The Morgan fingerprint density at radius 2 is 2.00 bits per heavy atom. The Morgan fingerprint density at radius 3 is 2.67 bits per heavy atom. The van der Waals surface area contributed by atoms with Gasteiger partial charge < -0.3 is 9.47 Å². The van der Waals surface area contributed by atoms with Gasteiger partial charge in [-0.3, -0.25) is 4.79 Å². The van der Waals surface area contributed by atoms with Gasteiger partial charge in [0.1, 0.15) is 6.61 Å². The fourth-order valence-corrected chi connectivity index (χ4v) is 1.79. The zero-order valence-electron chi connectivity index (χ0n) is 11.5. The molecule has 0 amide bonds. The first kappa shape index (κ1) is 14.7. The highest BCUT2D eigenvalue weighted by molar-refractivity contribution is 5.69. The van der Waals surface area contributed by atoms with Gasteiger partial charge in [0, 0.05) is 13.0 Å². The number of aryl methyl sites for hydroxylation is 3. The summed E-state index contributed by atoms with van der Waals surface area (Å²) in [7, 11) is 0. The fourth-order valence-electron chi connectivity index (χ4n) is 1.79. The largest absolute Gasteiger partial charge is 0.463 e. The molecule has 0 atom stereocenters. The second-order valence-electron chi connectivity index (χ2n) is 4.35. The molecule has 0 heterocycles. The summed E-state index contributed by atoms with van der Waals surface area (Å²) in [4.78, 5) is 11.5. The summed E-state index contributed by atoms with van der Waals surface area (Å²) < 4.78 is 10.2. The predicted octanol–water partition coefficient (Wildman–Crippen LogP) is 2.82. The number of esters is 1. The van der Waals surface area contributed by atoms with E-state index in [2.05, 4.69) is 32.0 Å². The van der Waals surface area contributed by atoms with E-state index >= 15 is 0 Å². The van der Waals surface area contributed by atoms with Crippen LogP contribution < -0.4 is 0 Å². The highest BCUT2D eigenvalue weighted by Gasteiger charge is 2.05. The van der Waals surface area contributed by atoms with Crippen LogP contribution in [-0.4, -0.2) is 25.8 Å². The van der Waals surface area contributed by atoms with Crippen molar-refractivity contribution < 1.29 is 14.3 Å². The average Bonchev–Trinajstić information content (AvgIpc) is 2.33. The van der Waals surface area contributed by atoms with Gasteiger partial charge in [0.05, 0.1) is 6.61 Å². The monoisotopic (exact) mass is 250 g/mol. The van der Waals surface area contributed by atoms with Crippen LogP contribution in [0.2, 0.25) is 0 Å². The van der Waals surface area contributed by atoms with E-state index in [1.54, 1.807) is 0 Å². The molecule has 0 unspecified atom stereocenters. The first-order valence-electron chi connectivity index (χ1n) is 6.43. The van der Waals surface area contributed by atoms with Crippen LogP contribution in [-0.2, 0) is 20.7 Å². The molecule has 1 aromatic carbocycles. The molecule has 18 heavy (non-hydrogen) atoms. The van der Waals surface area contributed by atoms with E-state index in [0.717, 1.165) is 6.42 Å². The zero-order chi connectivity index (χ0) is 13.4. The van der Waals surface area contributed by atoms with E-state index < -0.39 is 0 Å². The van der Waals surface area contributed by atoms with Crippen molar-refractivity contribution >= 4 is 5.97 Å². The van der Waals surface area contributed by atoms with Crippen molar-refractivity contribution in [2.24, 2.45) is 0 Å². The minimum Gasteiger partial charge on any atom is -0.463 e. The predicted molar refractivity (Wildman–Crippen MR) is 71.7 cm³/mol. The van der Waals surface area contributed by atoms with E-state index in [1.165, 1.54) is 16.7 Å². The zero-order valence-corrected chi connectivity index (χ0v) is 11.5. The Morgan fingerprint density at radius 1 is 1.22 bits per heavy atom. The summed E-state index contributed by atoms with van der Waals surface area (Å²) in [5.41, 5.74) is 3.69. The molecular weight excluding hydrogens is 228 g/mol. The summed E-state index contributed by atoms with van der Waals surface area (Å²) in [6.07, 6.45) is 1.16. The molecule has 3 nitrogen and oxygen atoms in total. The SMILES string of the molecule is CCOCCOC(=O)CCc1ccc(C)cc1C. The Kier molecular flexibility index (Phi) is 6.44. The molecule has 0 bridgehead atoms. The van der Waals surface area contributed by atoms with Crippen LogP contribution in [0.1, 0.15) is 30.0 Å². The van der Waals surface area contributed by atoms with Crippen LogP contribution in [0.3, 0.4) is 0 Å². The molecule has 0 aliphatic carbocycles. The number of hydrogen-bond acceptors (Lipinski definition) is 3. The van der Waals surface area contributed by atoms with Crippen molar-refractivity contribution in [1.82, 2.24) is 0 Å². The molecule has 0 saturated heterocycles. The van der Waals surface area contributed by atoms with Gasteiger partial charge in [0.15, 0.2) is 0 Å². The summed E-state index contributed by atoms with van der Waals surface area (Å²) in [5, 5.41) is 0. The number of carbonyl (C=O) groups is 1. The van der Waals surface area contributed by atoms with Crippen LogP contribution in [0.15, 0.2) is 18.2 Å². The number of ether oxygens (including phenoxy) is 2. The van der Waals surface area contributed by atoms with Gasteiger partial charge in [-0.25, -0.2) is 0 Å². The lowest BCUT2D eigenvalue weighted by molar-refractivity contribution is -0.145. The second kappa shape index (κ2) is 7.88. The van der Waals surface area contributed by atoms with Crippen molar-refractivity contribution in [2.75, 3.05) is 19.8 Å². The highest BCUT2D eigenvalue weighted by Crippen LogP contribution is 2.12. The Labute approximate surface area is 109 Å². The lowest BCUT2D eigenvalue weighted by atomic mass is 10.0. The van der Waals surface area contributed by atoms with E-state index in [1.807, 2.05) is 6.92 Å². The third-order valence-corrected chi connectivity index (χ3v) is 2.79. The molecule has 0 N–H and O–H groups in total. The van der Waals surface area contributed by atoms with E-state index in [-0.39, 0.29) is 5.97 Å². The Hall–Kier alpha value is -1.35. The van der Waals surface area contributed by atoms with Crippen LogP contribution in [0.25, 0.3) is 0 Å². The minimum absolute atomic E-state index is 0.158. The molecule has 0 aliphatic heterocycles. The quantitative estimate of drug-likeness (QED) is 0.551. The number of carbonyl (C=O) groups excluding carboxylic acids is 1. The number of rotatable bonds is 7. The van der Waals surface area contributed by atoms with Gasteiger partial charge in [-0.2, -0.15) is 0 Å². The summed E-state index contributed by atoms with van der Waals surface area (Å²) >= 11 is 0. The van der Waals surface area contributed by atoms with Crippen LogP contribution in [0.4, 0.5) is 0 Å². The molecule has 0 aromatic heterocycles. The maximum absolute atomic E-state index is 11.5. The first-order valence-corrected chi connectivity index (χ1v) is 6.43. The maximum Gasteiger partial charge on any atom is 0.306 e. The van der Waals surface area contributed by atoms with Gasteiger partial charge in [-0.1, -0.05) is 23.8 Å². The average molecular weight is 250 g/mol. The van der Waals surface area contributed by atoms with Crippen molar-refractivity contribution in [2.45, 2.75) is 33.6 Å². The van der Waals surface area contributed by atoms with Gasteiger partial charge in [0.2, 0.25) is 0 Å². The molecule has 100 valence electrons. The molecule has 1 rings (SSSR count). The van der Waals surface area contributed by atoms with Gasteiger partial charge in [-0.05, 0) is 38.3 Å². The molecule has 0 radical (unpaired) electrons. The van der Waals surface area contributed by atoms with Crippen LogP contribution in [0, 0.1) is 13.8 Å². The summed E-state index contributed by atoms with van der Waals surface area (Å²) in [5.74, 6) is -0.158. The molecule has 3 heteroatoms. The lowest BCUT2D eigenvalue weighted by Gasteiger charge is -2.07. The van der Waals surface area contributed by atoms with Crippen LogP contribution in [0.5, 0.6) is 0 Å². The van der Waals surface area contributed by atoms with Gasteiger partial charge in [-0.15, -0.1) is 0 Å². The van der Waals surface area contributed by atoms with Gasteiger partial charge in [0.25, 0.3) is 0 Å². The molecule has 0 fully saturated rings. The van der Waals surface area contributed by atoms with Crippen molar-refractivity contribution in [1.29, 1.82) is 0 Å². The molecule has 0 saturated carbocycles. The normalized spacial score (nSPS) is 10.4. The van der Waals surface area contributed by atoms with E-state index in [4.69, 9.17) is 9.47 Å².